The van der Waals surface area contributed by atoms with E-state index in [0.29, 0.717) is 11.6 Å². The zero-order valence-electron chi connectivity index (χ0n) is 11.2. The number of hydrazine groups is 1. The third kappa shape index (κ3) is 3.56. The Kier molecular flexibility index (Phi) is 4.85. The fourth-order valence-corrected chi connectivity index (χ4v) is 1.63. The first kappa shape index (κ1) is 14.2. The van der Waals surface area contributed by atoms with Crippen LogP contribution in [-0.2, 0) is 4.79 Å². The molecule has 0 saturated carbocycles. The van der Waals surface area contributed by atoms with Gasteiger partial charge in [0.05, 0.1) is 6.54 Å². The van der Waals surface area contributed by atoms with Crippen LogP contribution in [0.1, 0.15) is 19.4 Å². The fraction of sp³-hybridized carbons (Fsp3) is 0.545. The molecule has 0 spiro atoms. The highest BCUT2D eigenvalue weighted by Gasteiger charge is 2.13. The van der Waals surface area contributed by atoms with E-state index >= 15 is 0 Å². The average molecular weight is 252 g/mol. The molecular formula is C11H20N6O. The van der Waals surface area contributed by atoms with Crippen LogP contribution in [0.4, 0.5) is 11.6 Å². The van der Waals surface area contributed by atoms with Gasteiger partial charge < -0.3 is 15.6 Å². The summed E-state index contributed by atoms with van der Waals surface area (Å²) in [5.41, 5.74) is 3.30. The van der Waals surface area contributed by atoms with E-state index in [1.165, 1.54) is 6.33 Å². The summed E-state index contributed by atoms with van der Waals surface area (Å²) in [4.78, 5) is 21.6. The number of anilines is 2. The molecule has 1 rings (SSSR count). The molecule has 0 aromatic carbocycles. The van der Waals surface area contributed by atoms with E-state index in [2.05, 4.69) is 20.7 Å². The predicted octanol–water partition coefficient (Wildman–Crippen LogP) is 0.0314. The lowest BCUT2D eigenvalue weighted by Crippen LogP contribution is -2.39. The number of aromatic nitrogens is 2. The van der Waals surface area contributed by atoms with Gasteiger partial charge >= 0.3 is 0 Å². The highest BCUT2D eigenvalue weighted by molar-refractivity contribution is 5.81. The van der Waals surface area contributed by atoms with Crippen molar-refractivity contribution in [1.82, 2.24) is 15.3 Å². The normalized spacial score (nSPS) is 10.3. The van der Waals surface area contributed by atoms with Gasteiger partial charge in [-0.25, -0.2) is 15.8 Å². The molecule has 0 unspecified atom stereocenters. The van der Waals surface area contributed by atoms with Gasteiger partial charge in [0.15, 0.2) is 0 Å². The third-order valence-electron chi connectivity index (χ3n) is 2.39. The Hall–Kier alpha value is -1.89. The van der Waals surface area contributed by atoms with E-state index in [-0.39, 0.29) is 18.5 Å². The van der Waals surface area contributed by atoms with Gasteiger partial charge in [0.2, 0.25) is 5.91 Å². The van der Waals surface area contributed by atoms with Gasteiger partial charge in [-0.3, -0.25) is 4.79 Å². The molecule has 100 valence electrons. The summed E-state index contributed by atoms with van der Waals surface area (Å²) >= 11 is 0. The van der Waals surface area contributed by atoms with Crippen LogP contribution >= 0.6 is 0 Å². The molecule has 0 aliphatic heterocycles. The van der Waals surface area contributed by atoms with Crippen molar-refractivity contribution in [2.24, 2.45) is 5.84 Å². The molecule has 0 atom stereocenters. The molecule has 7 nitrogen and oxygen atoms in total. The summed E-state index contributed by atoms with van der Waals surface area (Å²) in [7, 11) is 1.80. The van der Waals surface area contributed by atoms with Crippen molar-refractivity contribution in [1.29, 1.82) is 0 Å². The van der Waals surface area contributed by atoms with Crippen LogP contribution in [-0.4, -0.2) is 35.5 Å². The Morgan fingerprint density at radius 3 is 2.72 bits per heavy atom. The van der Waals surface area contributed by atoms with Gasteiger partial charge in [-0.1, -0.05) is 0 Å². The molecule has 0 fully saturated rings. The van der Waals surface area contributed by atoms with Crippen LogP contribution < -0.4 is 21.5 Å². The number of amides is 1. The van der Waals surface area contributed by atoms with E-state index in [0.717, 1.165) is 5.56 Å². The van der Waals surface area contributed by atoms with Crippen LogP contribution in [0.25, 0.3) is 0 Å². The summed E-state index contributed by atoms with van der Waals surface area (Å²) in [6, 6.07) is 0.124. The Morgan fingerprint density at radius 1 is 1.50 bits per heavy atom. The van der Waals surface area contributed by atoms with Crippen molar-refractivity contribution in [3.8, 4) is 0 Å². The SMILES string of the molecule is Cc1c(NN)ncnc1N(C)CC(=O)NC(C)C. The monoisotopic (exact) mass is 252 g/mol. The standard InChI is InChI=1S/C11H20N6O/c1-7(2)15-9(18)5-17(4)11-8(3)10(16-12)13-6-14-11/h6-7H,5,12H2,1-4H3,(H,15,18)(H,13,14,16). The van der Waals surface area contributed by atoms with Crippen molar-refractivity contribution < 1.29 is 4.79 Å². The minimum Gasteiger partial charge on any atom is -0.352 e. The van der Waals surface area contributed by atoms with E-state index in [9.17, 15) is 4.79 Å². The quantitative estimate of drug-likeness (QED) is 0.505. The number of hydrogen-bond donors (Lipinski definition) is 3. The van der Waals surface area contributed by atoms with Crippen LogP contribution in [0.15, 0.2) is 6.33 Å². The second-order valence-corrected chi connectivity index (χ2v) is 4.39. The molecule has 1 aromatic heterocycles. The average Bonchev–Trinajstić information content (AvgIpc) is 2.27. The largest absolute Gasteiger partial charge is 0.352 e. The van der Waals surface area contributed by atoms with Crippen LogP contribution in [0.5, 0.6) is 0 Å². The lowest BCUT2D eigenvalue weighted by Gasteiger charge is -2.21. The molecule has 18 heavy (non-hydrogen) atoms. The Morgan fingerprint density at radius 2 is 2.17 bits per heavy atom. The molecule has 1 aromatic rings. The smallest absolute Gasteiger partial charge is 0.239 e. The summed E-state index contributed by atoms with van der Waals surface area (Å²) < 4.78 is 0. The van der Waals surface area contributed by atoms with Crippen molar-refractivity contribution in [3.05, 3.63) is 11.9 Å². The first-order valence-electron chi connectivity index (χ1n) is 5.74. The van der Waals surface area contributed by atoms with Crippen molar-refractivity contribution in [2.45, 2.75) is 26.8 Å². The Balaban J connectivity index is 2.78. The number of carbonyl (C=O) groups is 1. The number of nitrogens with two attached hydrogens (primary N) is 1. The van der Waals surface area contributed by atoms with Gasteiger partial charge in [-0.05, 0) is 20.8 Å². The summed E-state index contributed by atoms with van der Waals surface area (Å²) in [5.74, 6) is 6.53. The van der Waals surface area contributed by atoms with Crippen LogP contribution in [0, 0.1) is 6.92 Å². The molecule has 1 amide bonds. The molecule has 0 aliphatic carbocycles. The first-order valence-corrected chi connectivity index (χ1v) is 5.74. The number of hydrogen-bond acceptors (Lipinski definition) is 6. The number of likely N-dealkylation sites (N-methyl/N-ethyl adjacent to an activating group) is 1. The van der Waals surface area contributed by atoms with E-state index in [1.807, 2.05) is 20.8 Å². The Labute approximate surface area is 107 Å². The maximum Gasteiger partial charge on any atom is 0.239 e. The highest BCUT2D eigenvalue weighted by atomic mass is 16.2. The third-order valence-corrected chi connectivity index (χ3v) is 2.39. The van der Waals surface area contributed by atoms with Gasteiger partial charge in [-0.15, -0.1) is 0 Å². The number of nitrogens with one attached hydrogen (secondary N) is 2. The predicted molar refractivity (Wildman–Crippen MR) is 71.1 cm³/mol. The topological polar surface area (TPSA) is 96.2 Å². The second-order valence-electron chi connectivity index (χ2n) is 4.39. The van der Waals surface area contributed by atoms with Crippen molar-refractivity contribution in [3.63, 3.8) is 0 Å². The minimum atomic E-state index is -0.0484. The van der Waals surface area contributed by atoms with Gasteiger partial charge in [0.1, 0.15) is 18.0 Å². The lowest BCUT2D eigenvalue weighted by molar-refractivity contribution is -0.120. The van der Waals surface area contributed by atoms with E-state index < -0.39 is 0 Å². The number of nitrogens with zero attached hydrogens (tertiary/aromatic N) is 3. The molecule has 1 heterocycles. The van der Waals surface area contributed by atoms with E-state index in [4.69, 9.17) is 5.84 Å². The van der Waals surface area contributed by atoms with Crippen molar-refractivity contribution >= 4 is 17.5 Å². The minimum absolute atomic E-state index is 0.0484. The maximum atomic E-state index is 11.7. The number of nitrogen functional groups attached to an aromatic ring is 1. The molecular weight excluding hydrogens is 232 g/mol. The zero-order valence-corrected chi connectivity index (χ0v) is 11.2. The maximum absolute atomic E-state index is 11.7. The Bertz CT molecular complexity index is 420. The van der Waals surface area contributed by atoms with E-state index in [1.54, 1.807) is 11.9 Å². The van der Waals surface area contributed by atoms with Gasteiger partial charge in [-0.2, -0.15) is 0 Å². The summed E-state index contributed by atoms with van der Waals surface area (Å²) in [6.07, 6.45) is 1.41. The molecule has 4 N–H and O–H groups in total. The van der Waals surface area contributed by atoms with Crippen molar-refractivity contribution in [2.75, 3.05) is 23.9 Å². The first-order chi connectivity index (χ1) is 8.45. The van der Waals surface area contributed by atoms with Gasteiger partial charge in [0.25, 0.3) is 0 Å². The highest BCUT2D eigenvalue weighted by Crippen LogP contribution is 2.19. The van der Waals surface area contributed by atoms with Crippen LogP contribution in [0.2, 0.25) is 0 Å². The van der Waals surface area contributed by atoms with Crippen LogP contribution in [0.3, 0.4) is 0 Å². The molecule has 0 radical (unpaired) electrons. The summed E-state index contributed by atoms with van der Waals surface area (Å²) in [6.45, 7) is 5.93. The lowest BCUT2D eigenvalue weighted by atomic mass is 10.3. The number of carbonyl (C=O) groups excluding carboxylic acids is 1. The molecule has 0 bridgehead atoms. The zero-order chi connectivity index (χ0) is 13.7. The fourth-order valence-electron chi connectivity index (χ4n) is 1.63. The second kappa shape index (κ2) is 6.15. The summed E-state index contributed by atoms with van der Waals surface area (Å²) in [5, 5.41) is 2.83. The number of rotatable bonds is 5. The molecule has 7 heteroatoms. The van der Waals surface area contributed by atoms with Gasteiger partial charge in [0, 0.05) is 18.7 Å². The molecule has 0 aliphatic rings. The molecule has 0 saturated heterocycles.